The molecule has 0 atom stereocenters. The first kappa shape index (κ1) is 10.2. The van der Waals surface area contributed by atoms with Crippen LogP contribution >= 0.6 is 11.3 Å². The smallest absolute Gasteiger partial charge is 0.128 e. The molecular formula is C12H13NOS. The first-order valence-electron chi connectivity index (χ1n) is 4.78. The van der Waals surface area contributed by atoms with E-state index in [1.54, 1.807) is 18.4 Å². The van der Waals surface area contributed by atoms with Gasteiger partial charge in [-0.25, -0.2) is 4.98 Å². The van der Waals surface area contributed by atoms with Crippen LogP contribution in [0.2, 0.25) is 0 Å². The first-order valence-corrected chi connectivity index (χ1v) is 5.66. The summed E-state index contributed by atoms with van der Waals surface area (Å²) >= 11 is 1.66. The summed E-state index contributed by atoms with van der Waals surface area (Å²) in [5, 5.41) is 3.14. The third kappa shape index (κ3) is 2.02. The van der Waals surface area contributed by atoms with E-state index in [0.717, 1.165) is 22.0 Å². The Morgan fingerprint density at radius 3 is 2.67 bits per heavy atom. The second-order valence-corrected chi connectivity index (χ2v) is 4.52. The van der Waals surface area contributed by atoms with Crippen LogP contribution in [-0.4, -0.2) is 12.1 Å². The average molecular weight is 219 g/mol. The van der Waals surface area contributed by atoms with Crippen LogP contribution in [0.5, 0.6) is 5.75 Å². The van der Waals surface area contributed by atoms with Crippen molar-refractivity contribution in [3.05, 3.63) is 34.2 Å². The van der Waals surface area contributed by atoms with Gasteiger partial charge in [-0.2, -0.15) is 0 Å². The molecule has 0 aliphatic rings. The van der Waals surface area contributed by atoms with Crippen LogP contribution in [0.4, 0.5) is 0 Å². The van der Waals surface area contributed by atoms with E-state index in [1.165, 1.54) is 5.56 Å². The molecule has 0 unspecified atom stereocenters. The van der Waals surface area contributed by atoms with Gasteiger partial charge in [0.25, 0.3) is 0 Å². The minimum absolute atomic E-state index is 0.880. The number of methoxy groups -OCH3 is 1. The molecule has 0 saturated heterocycles. The Hall–Kier alpha value is -1.35. The summed E-state index contributed by atoms with van der Waals surface area (Å²) in [6, 6.07) is 6.13. The van der Waals surface area contributed by atoms with Crippen LogP contribution in [0.15, 0.2) is 23.6 Å². The number of thiazole rings is 1. The molecule has 3 heteroatoms. The van der Waals surface area contributed by atoms with Crippen molar-refractivity contribution in [2.24, 2.45) is 0 Å². The first-order chi connectivity index (χ1) is 7.20. The van der Waals surface area contributed by atoms with Gasteiger partial charge in [0.2, 0.25) is 0 Å². The Bertz CT molecular complexity index is 476. The Morgan fingerprint density at radius 2 is 2.07 bits per heavy atom. The molecule has 0 spiro atoms. The molecule has 2 aromatic rings. The maximum Gasteiger partial charge on any atom is 0.128 e. The predicted octanol–water partition coefficient (Wildman–Crippen LogP) is 3.44. The zero-order valence-electron chi connectivity index (χ0n) is 9.07. The highest BCUT2D eigenvalue weighted by Gasteiger charge is 2.08. The fraction of sp³-hybridized carbons (Fsp3) is 0.250. The van der Waals surface area contributed by atoms with Gasteiger partial charge in [-0.15, -0.1) is 11.3 Å². The van der Waals surface area contributed by atoms with Gasteiger partial charge >= 0.3 is 0 Å². The van der Waals surface area contributed by atoms with Crippen LogP contribution < -0.4 is 4.74 Å². The second-order valence-electron chi connectivity index (χ2n) is 3.46. The molecule has 0 fully saturated rings. The van der Waals surface area contributed by atoms with Gasteiger partial charge in [0.05, 0.1) is 17.8 Å². The van der Waals surface area contributed by atoms with Crippen molar-refractivity contribution in [2.45, 2.75) is 13.8 Å². The van der Waals surface area contributed by atoms with E-state index in [2.05, 4.69) is 23.4 Å². The van der Waals surface area contributed by atoms with Gasteiger partial charge in [0.15, 0.2) is 0 Å². The van der Waals surface area contributed by atoms with Gasteiger partial charge in [-0.3, -0.25) is 0 Å². The summed E-state index contributed by atoms with van der Waals surface area (Å²) in [7, 11) is 1.69. The van der Waals surface area contributed by atoms with Crippen LogP contribution in [-0.2, 0) is 0 Å². The van der Waals surface area contributed by atoms with E-state index in [4.69, 9.17) is 4.74 Å². The Morgan fingerprint density at radius 1 is 1.27 bits per heavy atom. The number of hydrogen-bond donors (Lipinski definition) is 0. The summed E-state index contributed by atoms with van der Waals surface area (Å²) in [5.41, 5.74) is 3.29. The van der Waals surface area contributed by atoms with Crippen LogP contribution in [0.1, 0.15) is 10.6 Å². The van der Waals surface area contributed by atoms with Crippen molar-refractivity contribution in [3.63, 3.8) is 0 Å². The van der Waals surface area contributed by atoms with E-state index in [-0.39, 0.29) is 0 Å². The molecule has 0 aliphatic heterocycles. The summed E-state index contributed by atoms with van der Waals surface area (Å²) in [6.07, 6.45) is 0. The quantitative estimate of drug-likeness (QED) is 0.772. The Kier molecular flexibility index (Phi) is 2.73. The minimum Gasteiger partial charge on any atom is -0.496 e. The SMILES string of the molecule is COc1ccc(C)cc1-c1csc(C)n1. The number of aryl methyl sites for hydroxylation is 2. The highest BCUT2D eigenvalue weighted by atomic mass is 32.1. The number of ether oxygens (including phenoxy) is 1. The maximum atomic E-state index is 5.33. The second kappa shape index (κ2) is 4.03. The van der Waals surface area contributed by atoms with Crippen molar-refractivity contribution < 1.29 is 4.74 Å². The number of nitrogens with zero attached hydrogens (tertiary/aromatic N) is 1. The van der Waals surface area contributed by atoms with Crippen molar-refractivity contribution >= 4 is 11.3 Å². The fourth-order valence-corrected chi connectivity index (χ4v) is 2.12. The highest BCUT2D eigenvalue weighted by Crippen LogP contribution is 2.31. The van der Waals surface area contributed by atoms with E-state index < -0.39 is 0 Å². The summed E-state index contributed by atoms with van der Waals surface area (Å²) in [5.74, 6) is 0.880. The van der Waals surface area contributed by atoms with E-state index in [0.29, 0.717) is 0 Å². The molecule has 78 valence electrons. The lowest BCUT2D eigenvalue weighted by atomic mass is 10.1. The summed E-state index contributed by atoms with van der Waals surface area (Å²) in [6.45, 7) is 4.08. The third-order valence-electron chi connectivity index (χ3n) is 2.25. The molecular weight excluding hydrogens is 206 g/mol. The number of hydrogen-bond acceptors (Lipinski definition) is 3. The minimum atomic E-state index is 0.880. The molecule has 0 saturated carbocycles. The molecule has 1 aromatic heterocycles. The van der Waals surface area contributed by atoms with Crippen LogP contribution in [0, 0.1) is 13.8 Å². The number of benzene rings is 1. The highest BCUT2D eigenvalue weighted by molar-refractivity contribution is 7.09. The van der Waals surface area contributed by atoms with Gasteiger partial charge in [0, 0.05) is 10.9 Å². The van der Waals surface area contributed by atoms with Crippen LogP contribution in [0.3, 0.4) is 0 Å². The van der Waals surface area contributed by atoms with Crippen molar-refractivity contribution in [3.8, 4) is 17.0 Å². The maximum absolute atomic E-state index is 5.33. The number of aromatic nitrogens is 1. The van der Waals surface area contributed by atoms with E-state index >= 15 is 0 Å². The third-order valence-corrected chi connectivity index (χ3v) is 3.02. The molecule has 1 heterocycles. The Labute approximate surface area is 93.6 Å². The molecule has 1 aromatic carbocycles. The fourth-order valence-electron chi connectivity index (χ4n) is 1.51. The summed E-state index contributed by atoms with van der Waals surface area (Å²) < 4.78 is 5.33. The van der Waals surface area contributed by atoms with Gasteiger partial charge < -0.3 is 4.74 Å². The summed E-state index contributed by atoms with van der Waals surface area (Å²) in [4.78, 5) is 4.47. The molecule has 15 heavy (non-hydrogen) atoms. The molecule has 0 bridgehead atoms. The molecule has 2 rings (SSSR count). The standard InChI is InChI=1S/C12H13NOS/c1-8-4-5-12(14-3)10(6-8)11-7-15-9(2)13-11/h4-7H,1-3H3. The van der Waals surface area contributed by atoms with E-state index in [9.17, 15) is 0 Å². The van der Waals surface area contributed by atoms with Crippen molar-refractivity contribution in [1.82, 2.24) is 4.98 Å². The predicted molar refractivity (Wildman–Crippen MR) is 63.6 cm³/mol. The lowest BCUT2D eigenvalue weighted by molar-refractivity contribution is 0.416. The molecule has 2 nitrogen and oxygen atoms in total. The average Bonchev–Trinajstić information content (AvgIpc) is 2.65. The Balaban J connectivity index is 2.55. The zero-order valence-corrected chi connectivity index (χ0v) is 9.89. The molecule has 0 aliphatic carbocycles. The van der Waals surface area contributed by atoms with Crippen LogP contribution in [0.25, 0.3) is 11.3 Å². The topological polar surface area (TPSA) is 22.1 Å². The van der Waals surface area contributed by atoms with Gasteiger partial charge in [-0.1, -0.05) is 11.6 Å². The van der Waals surface area contributed by atoms with E-state index in [1.807, 2.05) is 19.1 Å². The monoisotopic (exact) mass is 219 g/mol. The van der Waals surface area contributed by atoms with Crippen molar-refractivity contribution in [1.29, 1.82) is 0 Å². The number of rotatable bonds is 2. The lowest BCUT2D eigenvalue weighted by Crippen LogP contribution is -1.89. The van der Waals surface area contributed by atoms with Crippen molar-refractivity contribution in [2.75, 3.05) is 7.11 Å². The normalized spacial score (nSPS) is 10.3. The molecule has 0 N–H and O–H groups in total. The largest absolute Gasteiger partial charge is 0.496 e. The molecule has 0 amide bonds. The zero-order chi connectivity index (χ0) is 10.8. The van der Waals surface area contributed by atoms with Gasteiger partial charge in [0.1, 0.15) is 5.75 Å². The molecule has 0 radical (unpaired) electrons. The lowest BCUT2D eigenvalue weighted by Gasteiger charge is -2.06. The van der Waals surface area contributed by atoms with Gasteiger partial charge in [-0.05, 0) is 26.0 Å².